The molecule has 1 radical (unpaired) electrons. The van der Waals surface area contributed by atoms with Gasteiger partial charge in [0.25, 0.3) is 0 Å². The van der Waals surface area contributed by atoms with E-state index in [0.29, 0.717) is 33.0 Å². The van der Waals surface area contributed by atoms with Crippen molar-refractivity contribution in [1.29, 1.82) is 0 Å². The van der Waals surface area contributed by atoms with Crippen molar-refractivity contribution in [1.82, 2.24) is 10.1 Å². The Hall–Kier alpha value is -1.60. The van der Waals surface area contributed by atoms with E-state index in [1.54, 1.807) is 36.4 Å². The summed E-state index contributed by atoms with van der Waals surface area (Å²) in [6.07, 6.45) is 0. The molecule has 6 nitrogen and oxygen atoms in total. The minimum Gasteiger partial charge on any atom is -0.506 e. The number of rotatable bonds is 3. The number of halogens is 2. The minimum atomic E-state index is -0.291. The van der Waals surface area contributed by atoms with Crippen LogP contribution in [0.5, 0.6) is 23.3 Å². The third-order valence-corrected chi connectivity index (χ3v) is 4.23. The first kappa shape index (κ1) is 20.1. The average molecular weight is 530 g/mol. The van der Waals surface area contributed by atoms with Crippen LogP contribution >= 0.6 is 23.2 Å². The number of aromatic nitrogens is 2. The fourth-order valence-electron chi connectivity index (χ4n) is 2.44. The second-order valence-electron chi connectivity index (χ2n) is 5.41. The first-order valence-electron chi connectivity index (χ1n) is 7.43. The van der Waals surface area contributed by atoms with Gasteiger partial charge in [-0.05, 0) is 36.4 Å². The molecular weight excluding hydrogens is 520 g/mol. The van der Waals surface area contributed by atoms with Gasteiger partial charge in [0.05, 0.1) is 16.0 Å². The number of fused-ring (bicyclic) bond motifs is 1. The number of hydrogen-bond donors (Lipinski definition) is 2. The summed E-state index contributed by atoms with van der Waals surface area (Å²) in [6, 6.07) is 12.8. The number of phenolic OH excluding ortho intramolecular Hbond substituents is 1. The second-order valence-corrected chi connectivity index (χ2v) is 6.25. The van der Waals surface area contributed by atoms with E-state index in [4.69, 9.17) is 32.5 Å². The number of ether oxygens (including phenoxy) is 1. The van der Waals surface area contributed by atoms with Crippen molar-refractivity contribution >= 4 is 34.2 Å². The maximum absolute atomic E-state index is 10.3. The van der Waals surface area contributed by atoms with E-state index in [-0.39, 0.29) is 63.8 Å². The quantitative estimate of drug-likeness (QED) is 0.369. The molecule has 4 aromatic rings. The number of benzene rings is 2. The van der Waals surface area contributed by atoms with Crippen molar-refractivity contribution in [2.24, 2.45) is 0 Å². The van der Waals surface area contributed by atoms with Crippen molar-refractivity contribution in [3.05, 3.63) is 58.6 Å². The molecule has 2 aromatic carbocycles. The first-order chi connectivity index (χ1) is 12.5. The molecule has 0 unspecified atom stereocenters. The van der Waals surface area contributed by atoms with Gasteiger partial charge in [0.15, 0.2) is 5.58 Å². The van der Waals surface area contributed by atoms with Crippen LogP contribution in [-0.2, 0) is 0 Å². The van der Waals surface area contributed by atoms with Crippen LogP contribution in [0.2, 0.25) is 10.0 Å². The monoisotopic (exact) mass is 529 g/mol. The Kier molecular flexibility index (Phi) is 6.11. The fraction of sp³-hybridized carbons (Fsp3) is 0. The molecule has 133 valence electrons. The summed E-state index contributed by atoms with van der Waals surface area (Å²) in [5, 5.41) is 25.2. The van der Waals surface area contributed by atoms with Gasteiger partial charge >= 0.3 is 0 Å². The molecule has 2 aromatic heterocycles. The van der Waals surface area contributed by atoms with Crippen LogP contribution < -0.4 is 4.74 Å². The van der Waals surface area contributed by atoms with Crippen molar-refractivity contribution in [2.45, 2.75) is 0 Å². The summed E-state index contributed by atoms with van der Waals surface area (Å²) in [7, 11) is 0. The van der Waals surface area contributed by atoms with Gasteiger partial charge in [-0.2, -0.15) is 4.98 Å². The summed E-state index contributed by atoms with van der Waals surface area (Å²) >= 11 is 11.7. The van der Waals surface area contributed by atoms with Gasteiger partial charge < -0.3 is 19.5 Å². The first-order valence-corrected chi connectivity index (χ1v) is 8.18. The molecule has 0 atom stereocenters. The van der Waals surface area contributed by atoms with Crippen LogP contribution in [0.1, 0.15) is 0 Å². The SMILES string of the molecule is Oc1cc2c(-c3ccc(Oc4ccc(Cl)cc4)nc3O)noc2cc1Cl.[Pr]. The van der Waals surface area contributed by atoms with E-state index >= 15 is 0 Å². The van der Waals surface area contributed by atoms with Gasteiger partial charge in [-0.15, -0.1) is 0 Å². The molecule has 27 heavy (non-hydrogen) atoms. The molecule has 0 amide bonds. The fourth-order valence-corrected chi connectivity index (χ4v) is 2.72. The van der Waals surface area contributed by atoms with E-state index in [2.05, 4.69) is 10.1 Å². The molecular formula is C18H10Cl2N2O4Pr. The third kappa shape index (κ3) is 4.14. The molecule has 0 aliphatic heterocycles. The van der Waals surface area contributed by atoms with Crippen molar-refractivity contribution in [2.75, 3.05) is 0 Å². The zero-order chi connectivity index (χ0) is 18.3. The van der Waals surface area contributed by atoms with Gasteiger partial charge in [0, 0.05) is 58.4 Å². The smallest absolute Gasteiger partial charge is 0.223 e. The van der Waals surface area contributed by atoms with Crippen LogP contribution in [0.4, 0.5) is 0 Å². The van der Waals surface area contributed by atoms with Crippen molar-refractivity contribution < 1.29 is 60.8 Å². The van der Waals surface area contributed by atoms with E-state index in [9.17, 15) is 10.2 Å². The summed E-state index contributed by atoms with van der Waals surface area (Å²) in [4.78, 5) is 4.02. The van der Waals surface area contributed by atoms with Crippen molar-refractivity contribution in [3.8, 4) is 34.5 Å². The molecule has 9 heteroatoms. The van der Waals surface area contributed by atoms with E-state index in [1.807, 2.05) is 0 Å². The number of nitrogens with zero attached hydrogens (tertiary/aromatic N) is 2. The van der Waals surface area contributed by atoms with Crippen LogP contribution in [0.3, 0.4) is 0 Å². The Bertz CT molecular complexity index is 1120. The molecule has 2 heterocycles. The number of aromatic hydroxyl groups is 2. The van der Waals surface area contributed by atoms with Gasteiger partial charge in [-0.3, -0.25) is 0 Å². The minimum absolute atomic E-state index is 0. The molecule has 0 aliphatic rings. The van der Waals surface area contributed by atoms with Gasteiger partial charge in [0.1, 0.15) is 17.2 Å². The molecule has 4 rings (SSSR count). The standard InChI is InChI=1S/C18H10Cl2N2O4.Pr/c19-9-1-3-10(4-2-9)25-16-6-5-11(18(24)21-16)17-12-7-14(23)13(20)8-15(12)26-22-17;/h1-8,23H,(H,21,24);. The van der Waals surface area contributed by atoms with E-state index in [1.165, 1.54) is 12.1 Å². The van der Waals surface area contributed by atoms with Crippen LogP contribution in [0, 0.1) is 41.3 Å². The Labute approximate surface area is 196 Å². The predicted molar refractivity (Wildman–Crippen MR) is 97.1 cm³/mol. The maximum Gasteiger partial charge on any atom is 0.223 e. The normalized spacial score (nSPS) is 10.6. The third-order valence-electron chi connectivity index (χ3n) is 3.68. The molecule has 0 saturated carbocycles. The Morgan fingerprint density at radius 1 is 0.963 bits per heavy atom. The van der Waals surface area contributed by atoms with Crippen molar-refractivity contribution in [3.63, 3.8) is 0 Å². The molecule has 0 saturated heterocycles. The molecule has 0 bridgehead atoms. The number of pyridine rings is 1. The zero-order valence-corrected chi connectivity index (χ0v) is 18.8. The van der Waals surface area contributed by atoms with E-state index in [0.717, 1.165) is 0 Å². The Balaban J connectivity index is 0.00000210. The average Bonchev–Trinajstić information content (AvgIpc) is 3.00. The summed E-state index contributed by atoms with van der Waals surface area (Å²) in [6.45, 7) is 0. The summed E-state index contributed by atoms with van der Waals surface area (Å²) in [5.41, 5.74) is 1.03. The van der Waals surface area contributed by atoms with E-state index < -0.39 is 0 Å². The maximum atomic E-state index is 10.3. The topological polar surface area (TPSA) is 88.6 Å². The summed E-state index contributed by atoms with van der Waals surface area (Å²) in [5.74, 6) is 0.327. The van der Waals surface area contributed by atoms with Gasteiger partial charge in [0.2, 0.25) is 11.8 Å². The second kappa shape index (κ2) is 8.19. The van der Waals surface area contributed by atoms with Crippen LogP contribution in [0.15, 0.2) is 53.1 Å². The molecule has 0 spiro atoms. The Morgan fingerprint density at radius 2 is 1.70 bits per heavy atom. The summed E-state index contributed by atoms with van der Waals surface area (Å²) < 4.78 is 10.8. The van der Waals surface area contributed by atoms with Crippen LogP contribution in [0.25, 0.3) is 22.2 Å². The zero-order valence-electron chi connectivity index (χ0n) is 13.6. The largest absolute Gasteiger partial charge is 0.506 e. The van der Waals surface area contributed by atoms with Crippen LogP contribution in [-0.4, -0.2) is 20.4 Å². The van der Waals surface area contributed by atoms with Gasteiger partial charge in [-0.1, -0.05) is 28.4 Å². The molecule has 2 N–H and O–H groups in total. The predicted octanol–water partition coefficient (Wildman–Crippen LogP) is 5.40. The Morgan fingerprint density at radius 3 is 2.41 bits per heavy atom. The number of hydrogen-bond acceptors (Lipinski definition) is 6. The van der Waals surface area contributed by atoms with Gasteiger partial charge in [-0.25, -0.2) is 0 Å². The number of phenols is 1. The molecule has 0 aliphatic carbocycles. The molecule has 0 fully saturated rings.